The average Bonchev–Trinajstić information content (AvgIpc) is 3.22. The number of hydrogen-bond donors (Lipinski definition) is 5. The molecular formula is C22H24FN3O7S. The Labute approximate surface area is 198 Å². The number of nitrogens with two attached hydrogens (primary N) is 1. The van der Waals surface area contributed by atoms with Gasteiger partial charge in [-0.2, -0.15) is 0 Å². The van der Waals surface area contributed by atoms with Crippen LogP contribution in [0.5, 0.6) is 5.75 Å². The zero-order chi connectivity index (χ0) is 25.4. The lowest BCUT2D eigenvalue weighted by Crippen LogP contribution is -2.45. The summed E-state index contributed by atoms with van der Waals surface area (Å²) in [5, 5.41) is 27.6. The minimum atomic E-state index is -1.55. The highest BCUT2D eigenvalue weighted by Crippen LogP contribution is 2.25. The standard InChI is InChI=1S/C22H24FN3O7S/c1-2-3-12(20(29)26-15(21(30)31)10-18(27)28)8-13-5-7-17(34-13)22(32)33-16-6-4-11(19(24)25)9-14(16)23/h4-7,9,12,15H,2-3,8,10H2,1H3,(H3,24,25)(H,26,29)(H,27,28)(H,30,31)/t12-,15+/m1/s1. The maximum absolute atomic E-state index is 14.1. The fourth-order valence-electron chi connectivity index (χ4n) is 3.08. The first-order valence-electron chi connectivity index (χ1n) is 10.2. The minimum absolute atomic E-state index is 0.143. The summed E-state index contributed by atoms with van der Waals surface area (Å²) in [4.78, 5) is 47.9. The lowest BCUT2D eigenvalue weighted by Gasteiger charge is -2.18. The van der Waals surface area contributed by atoms with Crippen LogP contribution in [-0.2, 0) is 20.8 Å². The van der Waals surface area contributed by atoms with E-state index < -0.39 is 48.0 Å². The van der Waals surface area contributed by atoms with Gasteiger partial charge in [0.1, 0.15) is 16.8 Å². The molecule has 0 saturated heterocycles. The number of nitrogens with one attached hydrogen (secondary N) is 2. The van der Waals surface area contributed by atoms with Gasteiger partial charge >= 0.3 is 17.9 Å². The normalized spacial score (nSPS) is 12.4. The number of rotatable bonds is 12. The number of amides is 1. The fourth-order valence-corrected chi connectivity index (χ4v) is 4.04. The maximum Gasteiger partial charge on any atom is 0.353 e. The van der Waals surface area contributed by atoms with Gasteiger partial charge < -0.3 is 26.0 Å². The largest absolute Gasteiger partial charge is 0.481 e. The Morgan fingerprint density at radius 2 is 1.91 bits per heavy atom. The number of carboxylic acid groups (broad SMARTS) is 2. The summed E-state index contributed by atoms with van der Waals surface area (Å²) in [6, 6.07) is 5.04. The Bertz CT molecular complexity index is 1100. The van der Waals surface area contributed by atoms with Gasteiger partial charge in [-0.1, -0.05) is 13.3 Å². The van der Waals surface area contributed by atoms with E-state index in [4.69, 9.17) is 26.1 Å². The highest BCUT2D eigenvalue weighted by molar-refractivity contribution is 7.13. The first-order chi connectivity index (χ1) is 16.0. The van der Waals surface area contributed by atoms with Crippen LogP contribution in [0.25, 0.3) is 0 Å². The Morgan fingerprint density at radius 1 is 1.21 bits per heavy atom. The predicted molar refractivity (Wildman–Crippen MR) is 121 cm³/mol. The number of benzene rings is 1. The number of nitrogen functional groups attached to an aromatic ring is 1. The Kier molecular flexibility index (Phi) is 9.25. The monoisotopic (exact) mass is 493 g/mol. The quantitative estimate of drug-likeness (QED) is 0.129. The van der Waals surface area contributed by atoms with E-state index in [9.17, 15) is 23.6 Å². The zero-order valence-electron chi connectivity index (χ0n) is 18.2. The van der Waals surface area contributed by atoms with Crippen molar-refractivity contribution in [2.45, 2.75) is 38.6 Å². The molecule has 2 rings (SSSR count). The Balaban J connectivity index is 2.08. The third kappa shape index (κ3) is 7.37. The number of carboxylic acids is 2. The lowest BCUT2D eigenvalue weighted by molar-refractivity contribution is -0.147. The number of thiophene rings is 1. The molecular weight excluding hydrogens is 469 g/mol. The Morgan fingerprint density at radius 3 is 2.47 bits per heavy atom. The molecule has 0 bridgehead atoms. The number of aliphatic carboxylic acids is 2. The molecule has 182 valence electrons. The van der Waals surface area contributed by atoms with Crippen LogP contribution in [0.2, 0.25) is 0 Å². The number of esters is 1. The second-order valence-electron chi connectivity index (χ2n) is 7.40. The smallest absolute Gasteiger partial charge is 0.353 e. The molecule has 0 saturated carbocycles. The molecule has 10 nitrogen and oxygen atoms in total. The van der Waals surface area contributed by atoms with Crippen molar-refractivity contribution >= 4 is 41.0 Å². The number of carbonyl (C=O) groups excluding carboxylic acids is 2. The van der Waals surface area contributed by atoms with Gasteiger partial charge in [0.2, 0.25) is 5.91 Å². The van der Waals surface area contributed by atoms with Crippen molar-refractivity contribution in [3.8, 4) is 5.75 Å². The molecule has 0 aliphatic heterocycles. The molecule has 0 aliphatic carbocycles. The second-order valence-corrected chi connectivity index (χ2v) is 8.57. The van der Waals surface area contributed by atoms with Crippen LogP contribution in [0, 0.1) is 17.1 Å². The number of halogens is 1. The molecule has 1 amide bonds. The molecule has 12 heteroatoms. The van der Waals surface area contributed by atoms with Crippen molar-refractivity contribution < 1.29 is 38.5 Å². The summed E-state index contributed by atoms with van der Waals surface area (Å²) in [6.07, 6.45) is 0.471. The number of carbonyl (C=O) groups is 4. The van der Waals surface area contributed by atoms with E-state index in [0.29, 0.717) is 17.7 Å². The van der Waals surface area contributed by atoms with Gasteiger partial charge in [-0.05, 0) is 43.2 Å². The van der Waals surface area contributed by atoms with Gasteiger partial charge in [0.25, 0.3) is 0 Å². The van der Waals surface area contributed by atoms with E-state index in [2.05, 4.69) is 5.32 Å². The van der Waals surface area contributed by atoms with Crippen molar-refractivity contribution in [3.63, 3.8) is 0 Å². The minimum Gasteiger partial charge on any atom is -0.481 e. The first kappa shape index (κ1) is 26.5. The maximum atomic E-state index is 14.1. The highest BCUT2D eigenvalue weighted by atomic mass is 32.1. The second kappa shape index (κ2) is 11.9. The van der Waals surface area contributed by atoms with Crippen molar-refractivity contribution in [2.24, 2.45) is 11.7 Å². The van der Waals surface area contributed by atoms with E-state index in [0.717, 1.165) is 17.4 Å². The van der Waals surface area contributed by atoms with Gasteiger partial charge in [-0.3, -0.25) is 15.0 Å². The van der Waals surface area contributed by atoms with Crippen molar-refractivity contribution in [1.29, 1.82) is 5.41 Å². The molecule has 34 heavy (non-hydrogen) atoms. The summed E-state index contributed by atoms with van der Waals surface area (Å²) >= 11 is 1.04. The van der Waals surface area contributed by atoms with Gasteiger partial charge in [-0.15, -0.1) is 11.3 Å². The van der Waals surface area contributed by atoms with E-state index >= 15 is 0 Å². The number of amidine groups is 1. The number of hydrogen-bond acceptors (Lipinski definition) is 7. The van der Waals surface area contributed by atoms with Gasteiger partial charge in [0.05, 0.1) is 6.42 Å². The topological polar surface area (TPSA) is 180 Å². The predicted octanol–water partition coefficient (Wildman–Crippen LogP) is 2.39. The lowest BCUT2D eigenvalue weighted by atomic mass is 9.97. The van der Waals surface area contributed by atoms with Crippen LogP contribution in [0.1, 0.15) is 46.3 Å². The molecule has 1 aromatic carbocycles. The summed E-state index contributed by atoms with van der Waals surface area (Å²) < 4.78 is 19.2. The molecule has 0 spiro atoms. The summed E-state index contributed by atoms with van der Waals surface area (Å²) in [5.74, 6) is -6.36. The highest BCUT2D eigenvalue weighted by Gasteiger charge is 2.27. The molecule has 0 aliphatic rings. The van der Waals surface area contributed by atoms with Gasteiger partial charge in [0, 0.05) is 16.4 Å². The average molecular weight is 494 g/mol. The van der Waals surface area contributed by atoms with E-state index in [-0.39, 0.29) is 28.4 Å². The Hall–Kier alpha value is -3.80. The van der Waals surface area contributed by atoms with Crippen molar-refractivity contribution in [1.82, 2.24) is 5.32 Å². The fraction of sp³-hybridized carbons (Fsp3) is 0.318. The van der Waals surface area contributed by atoms with E-state index in [1.165, 1.54) is 18.2 Å². The summed E-state index contributed by atoms with van der Waals surface area (Å²) in [6.45, 7) is 1.84. The summed E-state index contributed by atoms with van der Waals surface area (Å²) in [7, 11) is 0. The van der Waals surface area contributed by atoms with E-state index in [1.54, 1.807) is 6.07 Å². The third-order valence-corrected chi connectivity index (χ3v) is 5.84. The number of ether oxygens (including phenoxy) is 1. The van der Waals surface area contributed by atoms with Crippen LogP contribution in [0.4, 0.5) is 4.39 Å². The molecule has 0 fully saturated rings. The molecule has 1 heterocycles. The van der Waals surface area contributed by atoms with Crippen LogP contribution < -0.4 is 15.8 Å². The molecule has 6 N–H and O–H groups in total. The third-order valence-electron chi connectivity index (χ3n) is 4.76. The molecule has 0 unspecified atom stereocenters. The molecule has 0 radical (unpaired) electrons. The van der Waals surface area contributed by atoms with Gasteiger partial charge in [-0.25, -0.2) is 14.0 Å². The molecule has 1 aromatic heterocycles. The van der Waals surface area contributed by atoms with Crippen LogP contribution in [0.15, 0.2) is 30.3 Å². The zero-order valence-corrected chi connectivity index (χ0v) is 19.0. The SMILES string of the molecule is CCC[C@H](Cc1ccc(C(=O)Oc2ccc(C(=N)N)cc2F)s1)C(=O)N[C@@H](CC(=O)O)C(=O)O. The van der Waals surface area contributed by atoms with Crippen molar-refractivity contribution in [3.05, 3.63) is 51.5 Å². The molecule has 2 atom stereocenters. The molecule has 2 aromatic rings. The summed E-state index contributed by atoms with van der Waals surface area (Å²) in [5.41, 5.74) is 5.44. The van der Waals surface area contributed by atoms with Crippen LogP contribution in [0.3, 0.4) is 0 Å². The van der Waals surface area contributed by atoms with Gasteiger partial charge in [0.15, 0.2) is 11.6 Å². The van der Waals surface area contributed by atoms with Crippen molar-refractivity contribution in [2.75, 3.05) is 0 Å². The first-order valence-corrected chi connectivity index (χ1v) is 11.0. The van der Waals surface area contributed by atoms with Crippen LogP contribution in [-0.4, -0.2) is 45.9 Å². The van der Waals surface area contributed by atoms with E-state index in [1.807, 2.05) is 6.92 Å². The van der Waals surface area contributed by atoms with Crippen LogP contribution >= 0.6 is 11.3 Å².